The summed E-state index contributed by atoms with van der Waals surface area (Å²) in [5, 5.41) is 2.62. The van der Waals surface area contributed by atoms with Crippen molar-refractivity contribution in [1.82, 2.24) is 5.32 Å². The monoisotopic (exact) mass is 401 g/mol. The molecule has 1 aromatic carbocycles. The molecule has 0 radical (unpaired) electrons. The average Bonchev–Trinajstić information content (AvgIpc) is 2.36. The van der Waals surface area contributed by atoms with Crippen molar-refractivity contribution in [2.45, 2.75) is 37.6 Å². The van der Waals surface area contributed by atoms with Crippen LogP contribution in [0.4, 0.5) is 0 Å². The predicted molar refractivity (Wildman–Crippen MR) is 84.0 cm³/mol. The van der Waals surface area contributed by atoms with Gasteiger partial charge in [-0.3, -0.25) is 4.79 Å². The van der Waals surface area contributed by atoms with Crippen molar-refractivity contribution in [2.24, 2.45) is 0 Å². The van der Waals surface area contributed by atoms with E-state index in [-0.39, 0.29) is 21.5 Å². The number of carbonyl (C=O) groups excluding carboxylic acids is 1. The number of nitrogens with one attached hydrogen (secondary N) is 1. The quantitative estimate of drug-likeness (QED) is 0.758. The maximum absolute atomic E-state index is 12.2. The van der Waals surface area contributed by atoms with E-state index in [0.717, 1.165) is 12.8 Å². The van der Waals surface area contributed by atoms with Crippen molar-refractivity contribution in [3.05, 3.63) is 27.2 Å². The van der Waals surface area contributed by atoms with E-state index in [0.29, 0.717) is 4.47 Å². The molecule has 0 aromatic heterocycles. The van der Waals surface area contributed by atoms with Gasteiger partial charge in [0.1, 0.15) is 4.90 Å². The number of halogens is 3. The van der Waals surface area contributed by atoms with E-state index in [9.17, 15) is 13.2 Å². The molecule has 1 aromatic rings. The van der Waals surface area contributed by atoms with E-state index in [1.165, 1.54) is 12.1 Å². The third kappa shape index (κ3) is 4.35. The predicted octanol–water partition coefficient (Wildman–Crippen LogP) is 3.95. The SMILES string of the molecule is CCC(CC)NC(=O)c1cc(Br)cc(S(=O)(=O)Cl)c1Cl. The topological polar surface area (TPSA) is 63.2 Å². The van der Waals surface area contributed by atoms with Crippen LogP contribution in [0.1, 0.15) is 37.0 Å². The van der Waals surface area contributed by atoms with Crippen LogP contribution in [0.3, 0.4) is 0 Å². The molecule has 8 heteroatoms. The van der Waals surface area contributed by atoms with E-state index < -0.39 is 15.0 Å². The second-order valence-electron chi connectivity index (χ2n) is 4.19. The number of benzene rings is 1. The molecule has 0 heterocycles. The van der Waals surface area contributed by atoms with Gasteiger partial charge in [0.25, 0.3) is 15.0 Å². The zero-order valence-corrected chi connectivity index (χ0v) is 14.8. The lowest BCUT2D eigenvalue weighted by molar-refractivity contribution is 0.0934. The summed E-state index contributed by atoms with van der Waals surface area (Å²) in [7, 11) is 1.29. The molecule has 1 rings (SSSR count). The van der Waals surface area contributed by atoms with Gasteiger partial charge in [0.05, 0.1) is 10.6 Å². The molecular formula is C12H14BrCl2NO3S. The summed E-state index contributed by atoms with van der Waals surface area (Å²) in [5.41, 5.74) is 0.0761. The van der Waals surface area contributed by atoms with Gasteiger partial charge < -0.3 is 5.32 Å². The van der Waals surface area contributed by atoms with Crippen LogP contribution in [0.15, 0.2) is 21.5 Å². The second-order valence-corrected chi connectivity index (χ2v) is 8.02. The summed E-state index contributed by atoms with van der Waals surface area (Å²) in [6.45, 7) is 3.90. The molecule has 0 spiro atoms. The molecule has 20 heavy (non-hydrogen) atoms. The normalized spacial score (nSPS) is 11.7. The summed E-state index contributed by atoms with van der Waals surface area (Å²) in [6.07, 6.45) is 1.54. The van der Waals surface area contributed by atoms with Gasteiger partial charge in [0, 0.05) is 21.2 Å². The summed E-state index contributed by atoms with van der Waals surface area (Å²) < 4.78 is 23.3. The molecule has 4 nitrogen and oxygen atoms in total. The van der Waals surface area contributed by atoms with E-state index in [4.69, 9.17) is 22.3 Å². The molecule has 0 fully saturated rings. The third-order valence-corrected chi connectivity index (χ3v) is 5.16. The van der Waals surface area contributed by atoms with E-state index >= 15 is 0 Å². The number of hydrogen-bond acceptors (Lipinski definition) is 3. The maximum atomic E-state index is 12.2. The molecule has 1 N–H and O–H groups in total. The lowest BCUT2D eigenvalue weighted by atomic mass is 10.1. The highest BCUT2D eigenvalue weighted by atomic mass is 79.9. The Bertz CT molecular complexity index is 615. The summed E-state index contributed by atoms with van der Waals surface area (Å²) in [6, 6.07) is 2.73. The van der Waals surface area contributed by atoms with Gasteiger partial charge in [0.2, 0.25) is 0 Å². The summed E-state index contributed by atoms with van der Waals surface area (Å²) >= 11 is 9.13. The molecule has 0 unspecified atom stereocenters. The van der Waals surface area contributed by atoms with Gasteiger partial charge in [0.15, 0.2) is 0 Å². The Morgan fingerprint density at radius 2 is 1.90 bits per heavy atom. The number of carbonyl (C=O) groups is 1. The van der Waals surface area contributed by atoms with Crippen molar-refractivity contribution in [3.63, 3.8) is 0 Å². The minimum Gasteiger partial charge on any atom is -0.349 e. The van der Waals surface area contributed by atoms with Crippen LogP contribution in [0, 0.1) is 0 Å². The molecule has 0 aliphatic rings. The Morgan fingerprint density at radius 1 is 1.35 bits per heavy atom. The highest BCUT2D eigenvalue weighted by Gasteiger charge is 2.23. The van der Waals surface area contributed by atoms with Crippen LogP contribution in [-0.2, 0) is 9.05 Å². The number of hydrogen-bond donors (Lipinski definition) is 1. The number of rotatable bonds is 5. The zero-order chi connectivity index (χ0) is 15.5. The van der Waals surface area contributed by atoms with Crippen molar-refractivity contribution in [3.8, 4) is 0 Å². The van der Waals surface area contributed by atoms with Gasteiger partial charge in [-0.05, 0) is 25.0 Å². The number of amides is 1. The van der Waals surface area contributed by atoms with Gasteiger partial charge in [-0.25, -0.2) is 8.42 Å². The molecule has 1 amide bonds. The van der Waals surface area contributed by atoms with Gasteiger partial charge in [-0.1, -0.05) is 41.4 Å². The molecule has 0 saturated carbocycles. The van der Waals surface area contributed by atoms with Gasteiger partial charge in [-0.15, -0.1) is 0 Å². The first-order valence-corrected chi connectivity index (χ1v) is 9.43. The fourth-order valence-electron chi connectivity index (χ4n) is 1.66. The van der Waals surface area contributed by atoms with Crippen LogP contribution in [0.2, 0.25) is 5.02 Å². The molecule has 0 saturated heterocycles. The first-order chi connectivity index (χ1) is 9.20. The average molecular weight is 403 g/mol. The van der Waals surface area contributed by atoms with E-state index in [2.05, 4.69) is 21.2 Å². The first-order valence-electron chi connectivity index (χ1n) is 5.95. The second kappa shape index (κ2) is 7.11. The first kappa shape index (κ1) is 17.8. The maximum Gasteiger partial charge on any atom is 0.262 e. The standard InChI is InChI=1S/C12H14BrCl2NO3S/c1-3-8(4-2)16-12(17)9-5-7(13)6-10(11(9)14)20(15,18)19/h5-6,8H,3-4H2,1-2H3,(H,16,17). The fourth-order valence-corrected chi connectivity index (χ4v) is 3.85. The lowest BCUT2D eigenvalue weighted by Gasteiger charge is -2.16. The van der Waals surface area contributed by atoms with Gasteiger partial charge >= 0.3 is 0 Å². The lowest BCUT2D eigenvalue weighted by Crippen LogP contribution is -2.34. The van der Waals surface area contributed by atoms with Crippen LogP contribution in [0.25, 0.3) is 0 Å². The van der Waals surface area contributed by atoms with Gasteiger partial charge in [-0.2, -0.15) is 0 Å². The van der Waals surface area contributed by atoms with E-state index in [1.807, 2.05) is 13.8 Å². The van der Waals surface area contributed by atoms with Crippen LogP contribution >= 0.6 is 38.2 Å². The van der Waals surface area contributed by atoms with Crippen molar-refractivity contribution in [1.29, 1.82) is 0 Å². The Morgan fingerprint density at radius 3 is 2.35 bits per heavy atom. The smallest absolute Gasteiger partial charge is 0.262 e. The molecule has 112 valence electrons. The molecule has 0 aliphatic carbocycles. The Balaban J connectivity index is 3.26. The van der Waals surface area contributed by atoms with Crippen molar-refractivity contribution in [2.75, 3.05) is 0 Å². The molecular weight excluding hydrogens is 389 g/mol. The minimum absolute atomic E-state index is 0.00797. The summed E-state index contributed by atoms with van der Waals surface area (Å²) in [4.78, 5) is 11.9. The fraction of sp³-hybridized carbons (Fsp3) is 0.417. The molecule has 0 atom stereocenters. The van der Waals surface area contributed by atoms with Crippen LogP contribution < -0.4 is 5.32 Å². The minimum atomic E-state index is -4.02. The van der Waals surface area contributed by atoms with Crippen LogP contribution in [-0.4, -0.2) is 20.4 Å². The summed E-state index contributed by atoms with van der Waals surface area (Å²) in [5.74, 6) is -0.424. The highest BCUT2D eigenvalue weighted by Crippen LogP contribution is 2.31. The molecule has 0 bridgehead atoms. The Kier molecular flexibility index (Phi) is 6.31. The largest absolute Gasteiger partial charge is 0.349 e. The third-order valence-electron chi connectivity index (χ3n) is 2.83. The Labute approximate surface area is 136 Å². The zero-order valence-electron chi connectivity index (χ0n) is 10.9. The van der Waals surface area contributed by atoms with Crippen LogP contribution in [0.5, 0.6) is 0 Å². The van der Waals surface area contributed by atoms with Crippen molar-refractivity contribution < 1.29 is 13.2 Å². The van der Waals surface area contributed by atoms with E-state index in [1.54, 1.807) is 0 Å². The molecule has 0 aliphatic heterocycles. The Hall–Kier alpha value is -0.300. The van der Waals surface area contributed by atoms with Crippen molar-refractivity contribution >= 4 is 53.2 Å². The highest BCUT2D eigenvalue weighted by molar-refractivity contribution is 9.10.